The van der Waals surface area contributed by atoms with E-state index in [-0.39, 0.29) is 0 Å². The van der Waals surface area contributed by atoms with Gasteiger partial charge in [0.05, 0.1) is 6.33 Å². The Morgan fingerprint density at radius 3 is 2.82 bits per heavy atom. The lowest BCUT2D eigenvalue weighted by molar-refractivity contribution is 0.645. The lowest BCUT2D eigenvalue weighted by Gasteiger charge is -2.20. The first-order valence-corrected chi connectivity index (χ1v) is 7.77. The molecule has 2 heterocycles. The molecule has 0 radical (unpaired) electrons. The molecule has 0 spiro atoms. The van der Waals surface area contributed by atoms with E-state index < -0.39 is 0 Å². The summed E-state index contributed by atoms with van der Waals surface area (Å²) >= 11 is 0. The number of benzene rings is 2. The third-order valence-corrected chi connectivity index (χ3v) is 4.33. The molecule has 0 bridgehead atoms. The molecule has 0 saturated heterocycles. The van der Waals surface area contributed by atoms with Gasteiger partial charge in [-0.1, -0.05) is 42.5 Å². The predicted octanol–water partition coefficient (Wildman–Crippen LogP) is 3.24. The number of nitrogens with zero attached hydrogens (tertiary/aromatic N) is 2. The third-order valence-electron chi connectivity index (χ3n) is 4.33. The molecule has 1 aliphatic rings. The largest absolute Gasteiger partial charge is 0.333 e. The molecule has 4 rings (SSSR count). The first kappa shape index (κ1) is 13.3. The van der Waals surface area contributed by atoms with Crippen LogP contribution in [0.4, 0.5) is 0 Å². The number of hydrogen-bond donors (Lipinski definition) is 1. The first-order valence-electron chi connectivity index (χ1n) is 7.77. The highest BCUT2D eigenvalue weighted by Crippen LogP contribution is 2.28. The molecule has 0 amide bonds. The first-order chi connectivity index (χ1) is 10.9. The fraction of sp³-hybridized carbons (Fsp3) is 0.211. The SMILES string of the molecule is c1cc2c(c(-c3ccc(Cn4ccnc4)cc3)c1)CCNC2. The number of rotatable bonds is 3. The molecule has 1 N–H and O–H groups in total. The van der Waals surface area contributed by atoms with Gasteiger partial charge in [0.1, 0.15) is 0 Å². The van der Waals surface area contributed by atoms with E-state index in [0.717, 1.165) is 26.1 Å². The highest BCUT2D eigenvalue weighted by Gasteiger charge is 2.13. The van der Waals surface area contributed by atoms with Gasteiger partial charge in [-0.25, -0.2) is 4.98 Å². The Morgan fingerprint density at radius 1 is 1.09 bits per heavy atom. The van der Waals surface area contributed by atoms with Gasteiger partial charge in [-0.2, -0.15) is 0 Å². The summed E-state index contributed by atoms with van der Waals surface area (Å²) in [7, 11) is 0. The molecule has 0 aliphatic carbocycles. The van der Waals surface area contributed by atoms with E-state index in [0.29, 0.717) is 0 Å². The topological polar surface area (TPSA) is 29.9 Å². The van der Waals surface area contributed by atoms with Crippen molar-refractivity contribution >= 4 is 0 Å². The Bertz CT molecular complexity index is 758. The number of nitrogens with one attached hydrogen (secondary N) is 1. The van der Waals surface area contributed by atoms with E-state index in [1.807, 2.05) is 18.7 Å². The van der Waals surface area contributed by atoms with Crippen LogP contribution in [0.1, 0.15) is 16.7 Å². The van der Waals surface area contributed by atoms with Crippen molar-refractivity contribution in [1.82, 2.24) is 14.9 Å². The summed E-state index contributed by atoms with van der Waals surface area (Å²) in [4.78, 5) is 4.09. The Morgan fingerprint density at radius 2 is 2.00 bits per heavy atom. The Kier molecular flexibility index (Phi) is 3.49. The van der Waals surface area contributed by atoms with Gasteiger partial charge in [0.2, 0.25) is 0 Å². The molecular formula is C19H19N3. The smallest absolute Gasteiger partial charge is 0.0949 e. The predicted molar refractivity (Wildman–Crippen MR) is 88.6 cm³/mol. The Hall–Kier alpha value is -2.39. The van der Waals surface area contributed by atoms with Crippen LogP contribution in [0.15, 0.2) is 61.2 Å². The minimum atomic E-state index is 0.872. The third kappa shape index (κ3) is 2.55. The van der Waals surface area contributed by atoms with Crippen LogP contribution in [0.5, 0.6) is 0 Å². The molecule has 2 aromatic carbocycles. The lowest BCUT2D eigenvalue weighted by Crippen LogP contribution is -2.23. The fourth-order valence-corrected chi connectivity index (χ4v) is 3.18. The second-order valence-electron chi connectivity index (χ2n) is 5.80. The van der Waals surface area contributed by atoms with Gasteiger partial charge in [-0.15, -0.1) is 0 Å². The van der Waals surface area contributed by atoms with Crippen LogP contribution < -0.4 is 5.32 Å². The summed E-state index contributed by atoms with van der Waals surface area (Å²) in [6.45, 7) is 2.93. The van der Waals surface area contributed by atoms with Crippen molar-refractivity contribution in [3.8, 4) is 11.1 Å². The summed E-state index contributed by atoms with van der Waals surface area (Å²) in [5, 5.41) is 3.44. The van der Waals surface area contributed by atoms with Crippen molar-refractivity contribution in [2.45, 2.75) is 19.5 Å². The summed E-state index contributed by atoms with van der Waals surface area (Å²) in [5.74, 6) is 0. The maximum atomic E-state index is 4.09. The maximum absolute atomic E-state index is 4.09. The Labute approximate surface area is 130 Å². The molecule has 3 nitrogen and oxygen atoms in total. The number of fused-ring (bicyclic) bond motifs is 1. The van der Waals surface area contributed by atoms with Crippen LogP contribution in [0.25, 0.3) is 11.1 Å². The van der Waals surface area contributed by atoms with Gasteiger partial charge in [0.25, 0.3) is 0 Å². The number of imidazole rings is 1. The highest BCUT2D eigenvalue weighted by molar-refractivity contribution is 5.69. The molecule has 0 fully saturated rings. The van der Waals surface area contributed by atoms with Crippen molar-refractivity contribution in [1.29, 1.82) is 0 Å². The molecule has 1 aromatic heterocycles. The summed E-state index contributed by atoms with van der Waals surface area (Å²) in [6.07, 6.45) is 6.78. The molecular weight excluding hydrogens is 270 g/mol. The standard InChI is InChI=1S/C19H19N3/c1-2-17-12-20-9-8-19(17)18(3-1)16-6-4-15(5-7-16)13-22-11-10-21-14-22/h1-7,10-11,14,20H,8-9,12-13H2. The molecule has 22 heavy (non-hydrogen) atoms. The zero-order valence-corrected chi connectivity index (χ0v) is 12.5. The van der Waals surface area contributed by atoms with Crippen LogP contribution >= 0.6 is 0 Å². The average molecular weight is 289 g/mol. The van der Waals surface area contributed by atoms with Gasteiger partial charge in [0, 0.05) is 25.5 Å². The van der Waals surface area contributed by atoms with Crippen molar-refractivity contribution in [2.75, 3.05) is 6.54 Å². The van der Waals surface area contributed by atoms with Gasteiger partial charge < -0.3 is 9.88 Å². The van der Waals surface area contributed by atoms with Gasteiger partial charge in [0.15, 0.2) is 0 Å². The molecule has 1 aliphatic heterocycles. The molecule has 0 unspecified atom stereocenters. The van der Waals surface area contributed by atoms with E-state index in [1.165, 1.54) is 27.8 Å². The normalized spacial score (nSPS) is 13.8. The summed E-state index contributed by atoms with van der Waals surface area (Å²) in [5.41, 5.74) is 6.93. The van der Waals surface area contributed by atoms with E-state index in [2.05, 4.69) is 57.3 Å². The second kappa shape index (κ2) is 5.78. The zero-order valence-electron chi connectivity index (χ0n) is 12.5. The van der Waals surface area contributed by atoms with Crippen molar-refractivity contribution in [2.24, 2.45) is 0 Å². The van der Waals surface area contributed by atoms with E-state index in [9.17, 15) is 0 Å². The quantitative estimate of drug-likeness (QED) is 0.802. The second-order valence-corrected chi connectivity index (χ2v) is 5.80. The van der Waals surface area contributed by atoms with E-state index in [1.54, 1.807) is 0 Å². The monoisotopic (exact) mass is 289 g/mol. The minimum Gasteiger partial charge on any atom is -0.333 e. The van der Waals surface area contributed by atoms with Crippen LogP contribution in [-0.4, -0.2) is 16.1 Å². The van der Waals surface area contributed by atoms with Crippen LogP contribution in [0.3, 0.4) is 0 Å². The molecule has 110 valence electrons. The molecule has 0 atom stereocenters. The fourth-order valence-electron chi connectivity index (χ4n) is 3.18. The molecule has 0 saturated carbocycles. The van der Waals surface area contributed by atoms with E-state index in [4.69, 9.17) is 0 Å². The van der Waals surface area contributed by atoms with Crippen LogP contribution in [-0.2, 0) is 19.5 Å². The van der Waals surface area contributed by atoms with E-state index >= 15 is 0 Å². The van der Waals surface area contributed by atoms with Crippen molar-refractivity contribution < 1.29 is 0 Å². The summed E-state index contributed by atoms with van der Waals surface area (Å²) < 4.78 is 2.09. The van der Waals surface area contributed by atoms with Gasteiger partial charge >= 0.3 is 0 Å². The van der Waals surface area contributed by atoms with Crippen molar-refractivity contribution in [3.63, 3.8) is 0 Å². The zero-order chi connectivity index (χ0) is 14.8. The van der Waals surface area contributed by atoms with Crippen molar-refractivity contribution in [3.05, 3.63) is 77.9 Å². The molecule has 3 heteroatoms. The van der Waals surface area contributed by atoms with Crippen LogP contribution in [0.2, 0.25) is 0 Å². The average Bonchev–Trinajstić information content (AvgIpc) is 3.08. The maximum Gasteiger partial charge on any atom is 0.0949 e. The number of aromatic nitrogens is 2. The highest BCUT2D eigenvalue weighted by atomic mass is 15.0. The number of hydrogen-bond acceptors (Lipinski definition) is 2. The van der Waals surface area contributed by atoms with Gasteiger partial charge in [-0.3, -0.25) is 0 Å². The lowest BCUT2D eigenvalue weighted by atomic mass is 9.91. The summed E-state index contributed by atoms with van der Waals surface area (Å²) in [6, 6.07) is 15.6. The van der Waals surface area contributed by atoms with Crippen LogP contribution in [0, 0.1) is 0 Å². The Balaban J connectivity index is 1.63. The van der Waals surface area contributed by atoms with Gasteiger partial charge in [-0.05, 0) is 40.8 Å². The molecule has 3 aromatic rings. The minimum absolute atomic E-state index is 0.872.